The largest absolute Gasteiger partial charge is 0.491 e. The van der Waals surface area contributed by atoms with Crippen LogP contribution in [0.25, 0.3) is 0 Å². The van der Waals surface area contributed by atoms with Gasteiger partial charge in [0.1, 0.15) is 17.6 Å². The molecule has 0 spiro atoms. The van der Waals surface area contributed by atoms with Crippen molar-refractivity contribution in [3.63, 3.8) is 0 Å². The molecule has 1 aromatic carbocycles. The Kier molecular flexibility index (Phi) is 3.72. The summed E-state index contributed by atoms with van der Waals surface area (Å²) in [6, 6.07) is 9.29. The minimum atomic E-state index is -0.754. The minimum Gasteiger partial charge on any atom is -0.491 e. The van der Waals surface area contributed by atoms with Gasteiger partial charge in [0.2, 0.25) is 0 Å². The van der Waals surface area contributed by atoms with E-state index in [-0.39, 0.29) is 6.10 Å². The number of furan rings is 1. The van der Waals surface area contributed by atoms with E-state index in [1.807, 2.05) is 51.1 Å². The van der Waals surface area contributed by atoms with Gasteiger partial charge in [-0.2, -0.15) is 0 Å². The zero-order valence-electron chi connectivity index (χ0n) is 10.9. The molecule has 2 aromatic rings. The quantitative estimate of drug-likeness (QED) is 0.898. The van der Waals surface area contributed by atoms with Crippen LogP contribution in [0.2, 0.25) is 0 Å². The smallest absolute Gasteiger partial charge is 0.139 e. The van der Waals surface area contributed by atoms with Gasteiger partial charge >= 0.3 is 0 Å². The van der Waals surface area contributed by atoms with Gasteiger partial charge in [-0.25, -0.2) is 0 Å². The molecule has 0 aliphatic carbocycles. The average Bonchev–Trinajstić information content (AvgIpc) is 2.74. The van der Waals surface area contributed by atoms with E-state index in [0.717, 1.165) is 16.9 Å². The fraction of sp³-hybridized carbons (Fsp3) is 0.333. The van der Waals surface area contributed by atoms with Crippen LogP contribution in [0.4, 0.5) is 0 Å². The van der Waals surface area contributed by atoms with E-state index < -0.39 is 6.10 Å². The first kappa shape index (κ1) is 12.7. The molecule has 1 aromatic heterocycles. The van der Waals surface area contributed by atoms with Gasteiger partial charge < -0.3 is 14.3 Å². The molecule has 0 aliphatic rings. The number of aryl methyl sites for hydroxylation is 1. The summed E-state index contributed by atoms with van der Waals surface area (Å²) in [5, 5.41) is 10.3. The van der Waals surface area contributed by atoms with Crippen LogP contribution in [0.3, 0.4) is 0 Å². The van der Waals surface area contributed by atoms with Crippen molar-refractivity contribution in [1.82, 2.24) is 0 Å². The highest BCUT2D eigenvalue weighted by molar-refractivity contribution is 5.34. The number of aliphatic hydroxyl groups excluding tert-OH is 1. The predicted octanol–water partition coefficient (Wildman–Crippen LogP) is 3.46. The molecule has 3 nitrogen and oxygen atoms in total. The summed E-state index contributed by atoms with van der Waals surface area (Å²) in [6.45, 7) is 5.86. The molecular formula is C15H18O3. The Balaban J connectivity index is 2.25. The highest BCUT2D eigenvalue weighted by Gasteiger charge is 2.16. The van der Waals surface area contributed by atoms with Gasteiger partial charge in [-0.15, -0.1) is 0 Å². The van der Waals surface area contributed by atoms with Crippen LogP contribution in [0.1, 0.15) is 36.8 Å². The lowest BCUT2D eigenvalue weighted by molar-refractivity contribution is 0.187. The van der Waals surface area contributed by atoms with E-state index in [9.17, 15) is 5.11 Å². The molecule has 96 valence electrons. The van der Waals surface area contributed by atoms with Crippen molar-refractivity contribution in [3.05, 3.63) is 53.5 Å². The highest BCUT2D eigenvalue weighted by Crippen LogP contribution is 2.27. The fourth-order valence-electron chi connectivity index (χ4n) is 1.85. The second-order valence-electron chi connectivity index (χ2n) is 4.61. The minimum absolute atomic E-state index is 0.114. The lowest BCUT2D eigenvalue weighted by Crippen LogP contribution is -2.06. The third kappa shape index (κ3) is 2.74. The maximum absolute atomic E-state index is 10.3. The fourth-order valence-corrected chi connectivity index (χ4v) is 1.85. The number of rotatable bonds is 4. The van der Waals surface area contributed by atoms with E-state index in [0.29, 0.717) is 5.76 Å². The predicted molar refractivity (Wildman–Crippen MR) is 69.7 cm³/mol. The molecule has 2 rings (SSSR count). The molecule has 0 radical (unpaired) electrons. The van der Waals surface area contributed by atoms with Gasteiger partial charge in [0.15, 0.2) is 0 Å². The second-order valence-corrected chi connectivity index (χ2v) is 4.61. The molecule has 1 N–H and O–H groups in total. The van der Waals surface area contributed by atoms with Crippen molar-refractivity contribution in [1.29, 1.82) is 0 Å². The molecular weight excluding hydrogens is 228 g/mol. The van der Waals surface area contributed by atoms with Crippen molar-refractivity contribution >= 4 is 0 Å². The molecule has 0 saturated heterocycles. The van der Waals surface area contributed by atoms with Crippen LogP contribution in [0.5, 0.6) is 5.75 Å². The summed E-state index contributed by atoms with van der Waals surface area (Å²) < 4.78 is 10.9. The monoisotopic (exact) mass is 246 g/mol. The first-order valence-electron chi connectivity index (χ1n) is 6.06. The van der Waals surface area contributed by atoms with Gasteiger partial charge in [-0.1, -0.05) is 12.1 Å². The lowest BCUT2D eigenvalue weighted by atomic mass is 10.0. The van der Waals surface area contributed by atoms with Gasteiger partial charge in [0, 0.05) is 0 Å². The molecule has 18 heavy (non-hydrogen) atoms. The number of ether oxygens (including phenoxy) is 1. The Morgan fingerprint density at radius 2 is 2.00 bits per heavy atom. The lowest BCUT2D eigenvalue weighted by Gasteiger charge is -2.13. The molecule has 0 fully saturated rings. The number of hydrogen-bond donors (Lipinski definition) is 1. The molecule has 0 aliphatic heterocycles. The van der Waals surface area contributed by atoms with E-state index in [1.54, 1.807) is 6.26 Å². The summed E-state index contributed by atoms with van der Waals surface area (Å²) in [7, 11) is 0. The number of benzene rings is 1. The van der Waals surface area contributed by atoms with Crippen LogP contribution >= 0.6 is 0 Å². The highest BCUT2D eigenvalue weighted by atomic mass is 16.5. The summed E-state index contributed by atoms with van der Waals surface area (Å²) in [6.07, 6.45) is 0.945. The van der Waals surface area contributed by atoms with Crippen molar-refractivity contribution in [3.8, 4) is 5.75 Å². The standard InChI is InChI=1S/C15H18O3/c1-10(2)18-13-6-4-5-12(9-13)14(16)15-11(3)7-8-17-15/h4-10,14,16H,1-3H3. The topological polar surface area (TPSA) is 42.6 Å². The zero-order chi connectivity index (χ0) is 13.1. The van der Waals surface area contributed by atoms with Crippen LogP contribution in [-0.2, 0) is 0 Å². The Bertz CT molecular complexity index is 514. The summed E-state index contributed by atoms with van der Waals surface area (Å²) in [5.41, 5.74) is 1.71. The third-order valence-corrected chi connectivity index (χ3v) is 2.70. The molecule has 1 atom stereocenters. The summed E-state index contributed by atoms with van der Waals surface area (Å²) >= 11 is 0. The molecule has 3 heteroatoms. The SMILES string of the molecule is Cc1ccoc1C(O)c1cccc(OC(C)C)c1. The van der Waals surface area contributed by atoms with E-state index in [2.05, 4.69) is 0 Å². The van der Waals surface area contributed by atoms with Crippen molar-refractivity contribution in [2.75, 3.05) is 0 Å². The molecule has 1 unspecified atom stereocenters. The normalized spacial score (nSPS) is 12.7. The second kappa shape index (κ2) is 5.27. The third-order valence-electron chi connectivity index (χ3n) is 2.70. The Morgan fingerprint density at radius 3 is 2.61 bits per heavy atom. The Hall–Kier alpha value is -1.74. The van der Waals surface area contributed by atoms with Crippen LogP contribution in [0.15, 0.2) is 41.0 Å². The zero-order valence-corrected chi connectivity index (χ0v) is 10.9. The van der Waals surface area contributed by atoms with Gasteiger partial charge in [-0.05, 0) is 50.1 Å². The maximum Gasteiger partial charge on any atom is 0.139 e. The van der Waals surface area contributed by atoms with E-state index in [1.165, 1.54) is 0 Å². The van der Waals surface area contributed by atoms with Crippen LogP contribution in [0, 0.1) is 6.92 Å². The van der Waals surface area contributed by atoms with Gasteiger partial charge in [-0.3, -0.25) is 0 Å². The van der Waals surface area contributed by atoms with E-state index in [4.69, 9.17) is 9.15 Å². The number of aliphatic hydroxyl groups is 1. The van der Waals surface area contributed by atoms with Crippen LogP contribution < -0.4 is 4.74 Å². The Labute approximate surface area is 107 Å². The average molecular weight is 246 g/mol. The molecule has 0 saturated carbocycles. The molecule has 0 bridgehead atoms. The summed E-state index contributed by atoms with van der Waals surface area (Å²) in [4.78, 5) is 0. The number of hydrogen-bond acceptors (Lipinski definition) is 3. The summed E-state index contributed by atoms with van der Waals surface area (Å²) in [5.74, 6) is 1.34. The van der Waals surface area contributed by atoms with Gasteiger partial charge in [0.25, 0.3) is 0 Å². The Morgan fingerprint density at radius 1 is 1.22 bits per heavy atom. The molecule has 1 heterocycles. The van der Waals surface area contributed by atoms with Crippen molar-refractivity contribution < 1.29 is 14.3 Å². The van der Waals surface area contributed by atoms with Crippen molar-refractivity contribution in [2.24, 2.45) is 0 Å². The van der Waals surface area contributed by atoms with E-state index >= 15 is 0 Å². The molecule has 0 amide bonds. The van der Waals surface area contributed by atoms with Crippen LogP contribution in [-0.4, -0.2) is 11.2 Å². The first-order valence-corrected chi connectivity index (χ1v) is 6.06. The maximum atomic E-state index is 10.3. The van der Waals surface area contributed by atoms with Crippen molar-refractivity contribution in [2.45, 2.75) is 33.0 Å². The van der Waals surface area contributed by atoms with Gasteiger partial charge in [0.05, 0.1) is 12.4 Å². The first-order chi connectivity index (χ1) is 8.58.